The highest BCUT2D eigenvalue weighted by Crippen LogP contribution is 2.30. The van der Waals surface area contributed by atoms with E-state index in [0.717, 1.165) is 22.5 Å². The number of halogens is 1. The Morgan fingerprint density at radius 3 is 2.28 bits per heavy atom. The van der Waals surface area contributed by atoms with Gasteiger partial charge in [0.15, 0.2) is 0 Å². The maximum Gasteiger partial charge on any atom is 0.324 e. The third-order valence-electron chi connectivity index (χ3n) is 7.80. The predicted molar refractivity (Wildman–Crippen MR) is 168 cm³/mol. The van der Waals surface area contributed by atoms with Crippen LogP contribution in [-0.4, -0.2) is 41.6 Å². The minimum absolute atomic E-state index is 0.209. The zero-order chi connectivity index (χ0) is 30.8. The van der Waals surface area contributed by atoms with Gasteiger partial charge in [-0.05, 0) is 68.0 Å². The SMILES string of the molecule is Cc1ccc(-n2nc(C(C)(C)C)cc2NC(=O)Nc2ccccc2CC2CCN(S(=O)(=O)c3ccccc3F)CC2)cc1. The summed E-state index contributed by atoms with van der Waals surface area (Å²) in [5.74, 6) is 0.0436. The first-order valence-corrected chi connectivity index (χ1v) is 15.9. The molecule has 2 N–H and O–H groups in total. The number of rotatable bonds is 7. The largest absolute Gasteiger partial charge is 0.324 e. The average molecular weight is 604 g/mol. The number of carbonyl (C=O) groups is 1. The number of nitrogens with one attached hydrogen (secondary N) is 2. The van der Waals surface area contributed by atoms with Gasteiger partial charge in [0.25, 0.3) is 0 Å². The number of hydrogen-bond donors (Lipinski definition) is 2. The minimum atomic E-state index is -3.89. The number of amides is 2. The quantitative estimate of drug-likeness (QED) is 0.240. The molecule has 0 spiro atoms. The molecule has 5 rings (SSSR count). The number of aryl methyl sites for hydroxylation is 1. The summed E-state index contributed by atoms with van der Waals surface area (Å²) in [5.41, 5.74) is 4.29. The molecule has 8 nitrogen and oxygen atoms in total. The van der Waals surface area contributed by atoms with Crippen LogP contribution in [0.15, 0.2) is 83.8 Å². The molecule has 226 valence electrons. The van der Waals surface area contributed by atoms with Crippen molar-refractivity contribution in [2.24, 2.45) is 5.92 Å². The molecule has 1 aromatic heterocycles. The fraction of sp³-hybridized carbons (Fsp3) is 0.333. The highest BCUT2D eigenvalue weighted by atomic mass is 32.2. The summed E-state index contributed by atoms with van der Waals surface area (Å²) < 4.78 is 43.3. The van der Waals surface area contributed by atoms with E-state index in [9.17, 15) is 17.6 Å². The molecule has 1 saturated heterocycles. The number of piperidine rings is 1. The molecule has 0 saturated carbocycles. The Morgan fingerprint density at radius 2 is 1.60 bits per heavy atom. The summed E-state index contributed by atoms with van der Waals surface area (Å²) in [5, 5.41) is 10.8. The number of hydrogen-bond acceptors (Lipinski definition) is 4. The standard InChI is InChI=1S/C33H38FN5O3S/c1-23-13-15-26(16-14-23)39-31(22-30(37-39)33(2,3)4)36-32(40)35-28-11-7-5-9-25(28)21-24-17-19-38(20-18-24)43(41,42)29-12-8-6-10-27(29)34/h5-16,22,24H,17-21H2,1-4H3,(H2,35,36,40). The summed E-state index contributed by atoms with van der Waals surface area (Å²) in [6.45, 7) is 8.89. The average Bonchev–Trinajstić information content (AvgIpc) is 3.39. The highest BCUT2D eigenvalue weighted by molar-refractivity contribution is 7.89. The lowest BCUT2D eigenvalue weighted by atomic mass is 9.90. The molecular weight excluding hydrogens is 565 g/mol. The molecule has 0 unspecified atom stereocenters. The van der Waals surface area contributed by atoms with Crippen molar-refractivity contribution in [3.8, 4) is 5.69 Å². The molecule has 3 aromatic carbocycles. The molecule has 2 amide bonds. The van der Waals surface area contributed by atoms with E-state index in [1.165, 1.54) is 28.6 Å². The van der Waals surface area contributed by atoms with Crippen molar-refractivity contribution < 1.29 is 17.6 Å². The monoisotopic (exact) mass is 603 g/mol. The first-order valence-electron chi connectivity index (χ1n) is 14.5. The molecule has 2 heterocycles. The third-order valence-corrected chi connectivity index (χ3v) is 9.73. The number of carbonyl (C=O) groups excluding carboxylic acids is 1. The van der Waals surface area contributed by atoms with Crippen molar-refractivity contribution >= 4 is 27.6 Å². The van der Waals surface area contributed by atoms with Gasteiger partial charge in [0.05, 0.1) is 11.4 Å². The molecule has 43 heavy (non-hydrogen) atoms. The van der Waals surface area contributed by atoms with Crippen LogP contribution in [0.3, 0.4) is 0 Å². The van der Waals surface area contributed by atoms with E-state index in [1.807, 2.05) is 61.5 Å². The van der Waals surface area contributed by atoms with Gasteiger partial charge in [-0.2, -0.15) is 9.40 Å². The Labute approximate surface area is 253 Å². The summed E-state index contributed by atoms with van der Waals surface area (Å²) in [4.78, 5) is 13.0. The van der Waals surface area contributed by atoms with Crippen LogP contribution in [0.25, 0.3) is 5.69 Å². The van der Waals surface area contributed by atoms with E-state index in [4.69, 9.17) is 5.10 Å². The number of urea groups is 1. The van der Waals surface area contributed by atoms with E-state index in [0.29, 0.717) is 43.9 Å². The summed E-state index contributed by atoms with van der Waals surface area (Å²) >= 11 is 0. The van der Waals surface area contributed by atoms with Crippen LogP contribution < -0.4 is 10.6 Å². The number of sulfonamides is 1. The Morgan fingerprint density at radius 1 is 0.953 bits per heavy atom. The van der Waals surface area contributed by atoms with Crippen molar-refractivity contribution in [1.29, 1.82) is 0 Å². The van der Waals surface area contributed by atoms with Gasteiger partial charge in [-0.3, -0.25) is 5.32 Å². The van der Waals surface area contributed by atoms with E-state index in [1.54, 1.807) is 4.68 Å². The molecule has 0 radical (unpaired) electrons. The molecule has 1 fully saturated rings. The number of nitrogens with zero attached hydrogens (tertiary/aromatic N) is 3. The van der Waals surface area contributed by atoms with Crippen molar-refractivity contribution in [2.45, 2.75) is 57.3 Å². The summed E-state index contributed by atoms with van der Waals surface area (Å²) in [6, 6.07) is 22.6. The Kier molecular flexibility index (Phi) is 8.71. The maximum atomic E-state index is 14.2. The first kappa shape index (κ1) is 30.4. The van der Waals surface area contributed by atoms with Crippen LogP contribution in [0.5, 0.6) is 0 Å². The molecule has 0 bridgehead atoms. The number of para-hydroxylation sites is 1. The van der Waals surface area contributed by atoms with Crippen LogP contribution in [0.1, 0.15) is 50.4 Å². The lowest BCUT2D eigenvalue weighted by Crippen LogP contribution is -2.39. The summed E-state index contributed by atoms with van der Waals surface area (Å²) in [7, 11) is -3.89. The fourth-order valence-electron chi connectivity index (χ4n) is 5.27. The van der Waals surface area contributed by atoms with Gasteiger partial charge < -0.3 is 5.32 Å². The van der Waals surface area contributed by atoms with Gasteiger partial charge in [-0.25, -0.2) is 22.3 Å². The van der Waals surface area contributed by atoms with Crippen molar-refractivity contribution in [3.63, 3.8) is 0 Å². The smallest absolute Gasteiger partial charge is 0.307 e. The number of benzene rings is 3. The van der Waals surface area contributed by atoms with Crippen molar-refractivity contribution in [1.82, 2.24) is 14.1 Å². The zero-order valence-electron chi connectivity index (χ0n) is 25.0. The molecular formula is C33H38FN5O3S. The van der Waals surface area contributed by atoms with Gasteiger partial charge in [0.2, 0.25) is 10.0 Å². The fourth-order valence-corrected chi connectivity index (χ4v) is 6.80. The maximum absolute atomic E-state index is 14.2. The second-order valence-corrected chi connectivity index (χ2v) is 14.0. The first-order chi connectivity index (χ1) is 20.4. The van der Waals surface area contributed by atoms with Crippen LogP contribution in [-0.2, 0) is 21.9 Å². The molecule has 4 aromatic rings. The van der Waals surface area contributed by atoms with E-state index < -0.39 is 15.8 Å². The van der Waals surface area contributed by atoms with E-state index in [2.05, 4.69) is 31.4 Å². The molecule has 0 atom stereocenters. The number of anilines is 2. The second kappa shape index (κ2) is 12.3. The van der Waals surface area contributed by atoms with Crippen LogP contribution in [0, 0.1) is 18.7 Å². The topological polar surface area (TPSA) is 96.3 Å². The van der Waals surface area contributed by atoms with Crippen LogP contribution in [0.4, 0.5) is 20.7 Å². The van der Waals surface area contributed by atoms with E-state index in [-0.39, 0.29) is 22.3 Å². The van der Waals surface area contributed by atoms with Crippen molar-refractivity contribution in [3.05, 3.63) is 102 Å². The molecule has 0 aliphatic carbocycles. The lowest BCUT2D eigenvalue weighted by Gasteiger charge is -2.31. The van der Waals surface area contributed by atoms with Crippen LogP contribution in [0.2, 0.25) is 0 Å². The highest BCUT2D eigenvalue weighted by Gasteiger charge is 2.31. The third kappa shape index (κ3) is 6.97. The van der Waals surface area contributed by atoms with Crippen molar-refractivity contribution in [2.75, 3.05) is 23.7 Å². The Hall–Kier alpha value is -4.02. The molecule has 10 heteroatoms. The normalized spacial score (nSPS) is 14.9. The molecule has 1 aliphatic rings. The summed E-state index contributed by atoms with van der Waals surface area (Å²) in [6.07, 6.45) is 1.96. The Bertz CT molecular complexity index is 1700. The second-order valence-electron chi connectivity index (χ2n) is 12.1. The van der Waals surface area contributed by atoms with Crippen LogP contribution >= 0.6 is 0 Å². The molecule has 1 aliphatic heterocycles. The van der Waals surface area contributed by atoms with Gasteiger partial charge in [-0.1, -0.05) is 68.8 Å². The van der Waals surface area contributed by atoms with Gasteiger partial charge in [-0.15, -0.1) is 0 Å². The van der Waals surface area contributed by atoms with Gasteiger partial charge in [0.1, 0.15) is 16.5 Å². The van der Waals surface area contributed by atoms with Gasteiger partial charge >= 0.3 is 6.03 Å². The Balaban J connectivity index is 1.26. The minimum Gasteiger partial charge on any atom is -0.307 e. The zero-order valence-corrected chi connectivity index (χ0v) is 25.8. The lowest BCUT2D eigenvalue weighted by molar-refractivity contribution is 0.261. The predicted octanol–water partition coefficient (Wildman–Crippen LogP) is 6.90. The number of aromatic nitrogens is 2. The van der Waals surface area contributed by atoms with Gasteiger partial charge in [0, 0.05) is 30.3 Å². The van der Waals surface area contributed by atoms with E-state index >= 15 is 0 Å².